The van der Waals surface area contributed by atoms with E-state index < -0.39 is 21.7 Å². The quantitative estimate of drug-likeness (QED) is 0.730. The van der Waals surface area contributed by atoms with Gasteiger partial charge in [-0.1, -0.05) is 0 Å². The fraction of sp³-hybridized carbons (Fsp3) is 0.600. The molecule has 0 amide bonds. The Balaban J connectivity index is 2.60. The van der Waals surface area contributed by atoms with Gasteiger partial charge in [-0.25, -0.2) is 18.4 Å². The van der Waals surface area contributed by atoms with Gasteiger partial charge in [-0.2, -0.15) is 0 Å². The van der Waals surface area contributed by atoms with Crippen molar-refractivity contribution in [2.75, 3.05) is 13.4 Å². The summed E-state index contributed by atoms with van der Waals surface area (Å²) < 4.78 is 33.6. The minimum Gasteiger partial charge on any atom is -0.352 e. The van der Waals surface area contributed by atoms with E-state index in [-0.39, 0.29) is 5.16 Å². The SMILES string of the molecule is COC1OC(C)(C)c2nc(S(C)(=O)=O)ncc21. The Kier molecular flexibility index (Phi) is 2.72. The Morgan fingerprint density at radius 3 is 2.65 bits per heavy atom. The fourth-order valence-electron chi connectivity index (χ4n) is 1.77. The molecule has 1 aliphatic heterocycles. The van der Waals surface area contributed by atoms with Gasteiger partial charge < -0.3 is 9.47 Å². The number of methoxy groups -OCH3 is 1. The van der Waals surface area contributed by atoms with Crippen molar-refractivity contribution in [1.82, 2.24) is 9.97 Å². The molecule has 2 rings (SSSR count). The number of hydrogen-bond donors (Lipinski definition) is 0. The van der Waals surface area contributed by atoms with Crippen LogP contribution in [0.25, 0.3) is 0 Å². The molecule has 1 unspecified atom stereocenters. The molecule has 1 aliphatic rings. The zero-order valence-corrected chi connectivity index (χ0v) is 10.9. The molecule has 2 heterocycles. The van der Waals surface area contributed by atoms with E-state index in [0.29, 0.717) is 11.3 Å². The van der Waals surface area contributed by atoms with Crippen LogP contribution >= 0.6 is 0 Å². The summed E-state index contributed by atoms with van der Waals surface area (Å²) >= 11 is 0. The van der Waals surface area contributed by atoms with Crippen molar-refractivity contribution >= 4 is 9.84 Å². The first-order valence-electron chi connectivity index (χ1n) is 5.04. The first-order chi connectivity index (χ1) is 7.75. The van der Waals surface area contributed by atoms with Crippen LogP contribution in [0.15, 0.2) is 11.4 Å². The van der Waals surface area contributed by atoms with Gasteiger partial charge >= 0.3 is 0 Å². The Labute approximate surface area is 99.9 Å². The maximum absolute atomic E-state index is 11.4. The molecule has 1 aromatic heterocycles. The van der Waals surface area contributed by atoms with Gasteiger partial charge in [0, 0.05) is 19.6 Å². The van der Waals surface area contributed by atoms with E-state index in [9.17, 15) is 8.42 Å². The third-order valence-electron chi connectivity index (χ3n) is 2.57. The van der Waals surface area contributed by atoms with Crippen LogP contribution < -0.4 is 0 Å². The molecule has 0 fully saturated rings. The van der Waals surface area contributed by atoms with Crippen LogP contribution in [0.2, 0.25) is 0 Å². The summed E-state index contributed by atoms with van der Waals surface area (Å²) in [6.07, 6.45) is 1.97. The molecule has 1 atom stereocenters. The molecule has 7 heteroatoms. The van der Waals surface area contributed by atoms with Crippen molar-refractivity contribution < 1.29 is 17.9 Å². The maximum atomic E-state index is 11.4. The van der Waals surface area contributed by atoms with Gasteiger partial charge in [0.05, 0.1) is 11.3 Å². The Morgan fingerprint density at radius 2 is 2.12 bits per heavy atom. The highest BCUT2D eigenvalue weighted by molar-refractivity contribution is 7.90. The molecule has 0 N–H and O–H groups in total. The molecule has 0 saturated carbocycles. The molecule has 0 aromatic carbocycles. The summed E-state index contributed by atoms with van der Waals surface area (Å²) in [5.74, 6) is 0. The zero-order chi connectivity index (χ0) is 12.8. The molecule has 1 aromatic rings. The van der Waals surface area contributed by atoms with Crippen LogP contribution in [-0.2, 0) is 24.9 Å². The van der Waals surface area contributed by atoms with Crippen LogP contribution in [-0.4, -0.2) is 31.8 Å². The highest BCUT2D eigenvalue weighted by Crippen LogP contribution is 2.41. The predicted octanol–water partition coefficient (Wildman–Crippen LogP) is 0.790. The molecule has 0 aliphatic carbocycles. The van der Waals surface area contributed by atoms with Gasteiger partial charge in [0.1, 0.15) is 5.60 Å². The fourth-order valence-corrected chi connectivity index (χ4v) is 2.27. The topological polar surface area (TPSA) is 78.4 Å². The lowest BCUT2D eigenvalue weighted by molar-refractivity contribution is -0.175. The Hall–Kier alpha value is -1.05. The molecule has 17 heavy (non-hydrogen) atoms. The lowest BCUT2D eigenvalue weighted by Gasteiger charge is -2.18. The molecule has 0 spiro atoms. The summed E-state index contributed by atoms with van der Waals surface area (Å²) in [7, 11) is -1.90. The van der Waals surface area contributed by atoms with E-state index in [2.05, 4.69) is 9.97 Å². The molecular weight excluding hydrogens is 244 g/mol. The lowest BCUT2D eigenvalue weighted by atomic mass is 10.0. The summed E-state index contributed by atoms with van der Waals surface area (Å²) in [6, 6.07) is 0. The minimum absolute atomic E-state index is 0.190. The number of hydrogen-bond acceptors (Lipinski definition) is 6. The van der Waals surface area contributed by atoms with Crippen molar-refractivity contribution in [1.29, 1.82) is 0 Å². The van der Waals surface area contributed by atoms with Crippen LogP contribution in [0.5, 0.6) is 0 Å². The van der Waals surface area contributed by atoms with E-state index >= 15 is 0 Å². The second-order valence-corrected chi connectivity index (χ2v) is 6.33. The monoisotopic (exact) mass is 258 g/mol. The standard InChI is InChI=1S/C10H14N2O4S/c1-10(2)7-6(8(15-3)16-10)5-11-9(12-7)17(4,13)14/h5,8H,1-4H3. The number of sulfone groups is 1. The second kappa shape index (κ2) is 3.72. The molecular formula is C10H14N2O4S. The van der Waals surface area contributed by atoms with Crippen molar-refractivity contribution in [3.63, 3.8) is 0 Å². The van der Waals surface area contributed by atoms with E-state index in [1.165, 1.54) is 13.3 Å². The van der Waals surface area contributed by atoms with Gasteiger partial charge in [0.25, 0.3) is 0 Å². The minimum atomic E-state index is -3.42. The summed E-state index contributed by atoms with van der Waals surface area (Å²) in [4.78, 5) is 7.90. The van der Waals surface area contributed by atoms with Crippen LogP contribution in [0.3, 0.4) is 0 Å². The van der Waals surface area contributed by atoms with Gasteiger partial charge in [0.15, 0.2) is 6.29 Å². The number of fused-ring (bicyclic) bond motifs is 1. The largest absolute Gasteiger partial charge is 0.352 e. The Morgan fingerprint density at radius 1 is 1.47 bits per heavy atom. The van der Waals surface area contributed by atoms with E-state index in [0.717, 1.165) is 6.26 Å². The average molecular weight is 258 g/mol. The van der Waals surface area contributed by atoms with Crippen LogP contribution in [0.4, 0.5) is 0 Å². The summed E-state index contributed by atoms with van der Waals surface area (Å²) in [5.41, 5.74) is 0.544. The second-order valence-electron chi connectivity index (χ2n) is 4.42. The number of aromatic nitrogens is 2. The lowest BCUT2D eigenvalue weighted by Crippen LogP contribution is -2.19. The first-order valence-corrected chi connectivity index (χ1v) is 6.93. The summed E-state index contributed by atoms with van der Waals surface area (Å²) in [6.45, 7) is 3.62. The number of rotatable bonds is 2. The highest BCUT2D eigenvalue weighted by Gasteiger charge is 2.40. The van der Waals surface area contributed by atoms with Gasteiger partial charge in [0.2, 0.25) is 15.0 Å². The molecule has 0 saturated heterocycles. The molecule has 6 nitrogen and oxygen atoms in total. The third-order valence-corrected chi connectivity index (χ3v) is 3.43. The average Bonchev–Trinajstić information content (AvgIpc) is 2.49. The van der Waals surface area contributed by atoms with Gasteiger partial charge in [-0.3, -0.25) is 0 Å². The van der Waals surface area contributed by atoms with E-state index in [4.69, 9.17) is 9.47 Å². The van der Waals surface area contributed by atoms with Crippen molar-refractivity contribution in [3.05, 3.63) is 17.5 Å². The molecule has 0 bridgehead atoms. The highest BCUT2D eigenvalue weighted by atomic mass is 32.2. The van der Waals surface area contributed by atoms with Crippen LogP contribution in [0, 0.1) is 0 Å². The Bertz CT molecular complexity index is 553. The maximum Gasteiger partial charge on any atom is 0.247 e. The van der Waals surface area contributed by atoms with Crippen molar-refractivity contribution in [3.8, 4) is 0 Å². The normalized spacial score (nSPS) is 22.5. The van der Waals surface area contributed by atoms with Gasteiger partial charge in [-0.15, -0.1) is 0 Å². The van der Waals surface area contributed by atoms with Gasteiger partial charge in [-0.05, 0) is 13.8 Å². The molecule has 94 valence electrons. The van der Waals surface area contributed by atoms with Crippen molar-refractivity contribution in [2.45, 2.75) is 30.9 Å². The zero-order valence-electron chi connectivity index (χ0n) is 10.1. The smallest absolute Gasteiger partial charge is 0.247 e. The van der Waals surface area contributed by atoms with E-state index in [1.807, 2.05) is 13.8 Å². The predicted molar refractivity (Wildman–Crippen MR) is 59.0 cm³/mol. The van der Waals surface area contributed by atoms with Crippen molar-refractivity contribution in [2.24, 2.45) is 0 Å². The number of ether oxygens (including phenoxy) is 2. The third kappa shape index (κ3) is 2.05. The van der Waals surface area contributed by atoms with Crippen LogP contribution in [0.1, 0.15) is 31.4 Å². The number of nitrogens with zero attached hydrogens (tertiary/aromatic N) is 2. The first kappa shape index (κ1) is 12.4. The molecule has 0 radical (unpaired) electrons. The summed E-state index contributed by atoms with van der Waals surface area (Å²) in [5, 5.41) is -0.190. The van der Waals surface area contributed by atoms with E-state index in [1.54, 1.807) is 0 Å².